The van der Waals surface area contributed by atoms with Crippen molar-refractivity contribution in [3.8, 4) is 11.5 Å². The quantitative estimate of drug-likeness (QED) is 0.556. The monoisotopic (exact) mass is 231 g/mol. The Morgan fingerprint density at radius 3 is 2.53 bits per heavy atom. The van der Waals surface area contributed by atoms with Gasteiger partial charge in [0.1, 0.15) is 18.1 Å². The molecule has 1 rings (SSSR count). The van der Waals surface area contributed by atoms with E-state index in [9.17, 15) is 0 Å². The Labute approximate surface area is 102 Å². The summed E-state index contributed by atoms with van der Waals surface area (Å²) in [5.74, 6) is 1.65. The number of benzene rings is 1. The van der Waals surface area contributed by atoms with Crippen LogP contribution in [-0.4, -0.2) is 20.4 Å². The van der Waals surface area contributed by atoms with E-state index in [1.54, 1.807) is 13.3 Å². The summed E-state index contributed by atoms with van der Waals surface area (Å²) in [6.45, 7) is 5.90. The summed E-state index contributed by atoms with van der Waals surface area (Å²) in [4.78, 5) is 3.62. The van der Waals surface area contributed by atoms with Crippen LogP contribution in [0.1, 0.15) is 6.92 Å². The first-order valence-electron chi connectivity index (χ1n) is 5.31. The number of ether oxygens (including phenoxy) is 2. The highest BCUT2D eigenvalue weighted by molar-refractivity contribution is 5.31. The van der Waals surface area contributed by atoms with Gasteiger partial charge in [-0.15, -0.1) is 0 Å². The van der Waals surface area contributed by atoms with Crippen LogP contribution in [0.3, 0.4) is 0 Å². The van der Waals surface area contributed by atoms with Gasteiger partial charge in [0.15, 0.2) is 0 Å². The zero-order valence-corrected chi connectivity index (χ0v) is 10.2. The molecule has 0 bridgehead atoms. The van der Waals surface area contributed by atoms with Crippen molar-refractivity contribution in [1.82, 2.24) is 0 Å². The summed E-state index contributed by atoms with van der Waals surface area (Å²) in [5, 5.41) is 0. The maximum atomic E-state index is 5.59. The van der Waals surface area contributed by atoms with Crippen LogP contribution in [0.5, 0.6) is 11.5 Å². The van der Waals surface area contributed by atoms with E-state index >= 15 is 0 Å². The fraction of sp³-hybridized carbons (Fsp3) is 0.214. The molecule has 17 heavy (non-hydrogen) atoms. The fourth-order valence-corrected chi connectivity index (χ4v) is 1.19. The number of hydrogen-bond donors (Lipinski definition) is 0. The SMILES string of the molecule is C=N/C=C\C=C(/C)COc1ccc(OC)cc1. The van der Waals surface area contributed by atoms with E-state index in [4.69, 9.17) is 9.47 Å². The topological polar surface area (TPSA) is 30.8 Å². The highest BCUT2D eigenvalue weighted by atomic mass is 16.5. The zero-order chi connectivity index (χ0) is 12.5. The van der Waals surface area contributed by atoms with E-state index in [1.165, 1.54) is 0 Å². The molecule has 0 aliphatic carbocycles. The normalized spacial score (nSPS) is 11.5. The number of nitrogens with zero attached hydrogens (tertiary/aromatic N) is 1. The summed E-state index contributed by atoms with van der Waals surface area (Å²) >= 11 is 0. The highest BCUT2D eigenvalue weighted by Gasteiger charge is 1.95. The Morgan fingerprint density at radius 1 is 1.29 bits per heavy atom. The van der Waals surface area contributed by atoms with Crippen LogP contribution in [0.4, 0.5) is 0 Å². The lowest BCUT2D eigenvalue weighted by Crippen LogP contribution is -1.98. The number of aliphatic imine (C=N–C) groups is 1. The third kappa shape index (κ3) is 5.02. The van der Waals surface area contributed by atoms with E-state index < -0.39 is 0 Å². The number of rotatable bonds is 6. The lowest BCUT2D eigenvalue weighted by Gasteiger charge is -2.06. The first kappa shape index (κ1) is 13.0. The van der Waals surface area contributed by atoms with Gasteiger partial charge in [-0.3, -0.25) is 4.99 Å². The van der Waals surface area contributed by atoms with Crippen molar-refractivity contribution < 1.29 is 9.47 Å². The van der Waals surface area contributed by atoms with Crippen molar-refractivity contribution in [2.45, 2.75) is 6.92 Å². The Balaban J connectivity index is 2.46. The van der Waals surface area contributed by atoms with Gasteiger partial charge in [-0.25, -0.2) is 0 Å². The van der Waals surface area contributed by atoms with E-state index in [0.717, 1.165) is 17.1 Å². The molecule has 0 aromatic heterocycles. The largest absolute Gasteiger partial charge is 0.497 e. The predicted molar refractivity (Wildman–Crippen MR) is 70.9 cm³/mol. The van der Waals surface area contributed by atoms with Gasteiger partial charge in [-0.1, -0.05) is 6.08 Å². The summed E-state index contributed by atoms with van der Waals surface area (Å²) in [6, 6.07) is 7.51. The van der Waals surface area contributed by atoms with Crippen molar-refractivity contribution in [2.24, 2.45) is 4.99 Å². The second kappa shape index (κ2) is 7.28. The standard InChI is InChI=1S/C14H17NO2/c1-12(5-4-10-15-2)11-17-14-8-6-13(16-3)7-9-14/h4-10H,2,11H2,1,3H3/b10-4-,12-5+. The first-order chi connectivity index (χ1) is 8.26. The van der Waals surface area contributed by atoms with Gasteiger partial charge >= 0.3 is 0 Å². The minimum absolute atomic E-state index is 0.549. The van der Waals surface area contributed by atoms with Crippen molar-refractivity contribution in [3.63, 3.8) is 0 Å². The molecule has 0 saturated heterocycles. The number of methoxy groups -OCH3 is 1. The zero-order valence-electron chi connectivity index (χ0n) is 10.2. The molecule has 1 aromatic carbocycles. The van der Waals surface area contributed by atoms with Gasteiger partial charge in [0.2, 0.25) is 0 Å². The molecular formula is C14H17NO2. The van der Waals surface area contributed by atoms with Crippen LogP contribution >= 0.6 is 0 Å². The molecule has 0 heterocycles. The molecule has 90 valence electrons. The average Bonchev–Trinajstić information content (AvgIpc) is 2.37. The van der Waals surface area contributed by atoms with Crippen LogP contribution in [0, 0.1) is 0 Å². The van der Waals surface area contributed by atoms with E-state index in [1.807, 2.05) is 43.3 Å². The lowest BCUT2D eigenvalue weighted by atomic mass is 10.3. The molecule has 0 spiro atoms. The Hall–Kier alpha value is -2.03. The van der Waals surface area contributed by atoms with E-state index in [-0.39, 0.29) is 0 Å². The predicted octanol–water partition coefficient (Wildman–Crippen LogP) is 3.23. The molecule has 0 unspecified atom stereocenters. The third-order valence-electron chi connectivity index (χ3n) is 2.10. The molecule has 0 N–H and O–H groups in total. The molecule has 0 saturated carbocycles. The summed E-state index contributed by atoms with van der Waals surface area (Å²) < 4.78 is 10.7. The second-order valence-corrected chi connectivity index (χ2v) is 3.50. The molecule has 1 aromatic rings. The van der Waals surface area contributed by atoms with Crippen molar-refractivity contribution >= 4 is 6.72 Å². The first-order valence-corrected chi connectivity index (χ1v) is 5.31. The van der Waals surface area contributed by atoms with Crippen molar-refractivity contribution in [1.29, 1.82) is 0 Å². The Kier molecular flexibility index (Phi) is 5.58. The van der Waals surface area contributed by atoms with Crippen molar-refractivity contribution in [3.05, 3.63) is 48.2 Å². The fourth-order valence-electron chi connectivity index (χ4n) is 1.19. The molecular weight excluding hydrogens is 214 g/mol. The summed E-state index contributed by atoms with van der Waals surface area (Å²) in [6.07, 6.45) is 5.41. The summed E-state index contributed by atoms with van der Waals surface area (Å²) in [7, 11) is 1.64. The van der Waals surface area contributed by atoms with Gasteiger partial charge in [-0.2, -0.15) is 0 Å². The van der Waals surface area contributed by atoms with Gasteiger partial charge in [-0.05, 0) is 49.6 Å². The molecule has 0 fully saturated rings. The summed E-state index contributed by atoms with van der Waals surface area (Å²) in [5.41, 5.74) is 1.11. The minimum Gasteiger partial charge on any atom is -0.497 e. The van der Waals surface area contributed by atoms with Crippen LogP contribution in [0.25, 0.3) is 0 Å². The maximum absolute atomic E-state index is 5.59. The van der Waals surface area contributed by atoms with Gasteiger partial charge < -0.3 is 9.47 Å². The van der Waals surface area contributed by atoms with Gasteiger partial charge in [0, 0.05) is 6.20 Å². The van der Waals surface area contributed by atoms with Crippen molar-refractivity contribution in [2.75, 3.05) is 13.7 Å². The third-order valence-corrected chi connectivity index (χ3v) is 2.10. The average molecular weight is 231 g/mol. The Morgan fingerprint density at radius 2 is 1.94 bits per heavy atom. The Bertz CT molecular complexity index is 405. The molecule has 0 atom stereocenters. The van der Waals surface area contributed by atoms with Gasteiger partial charge in [0.25, 0.3) is 0 Å². The molecule has 3 nitrogen and oxygen atoms in total. The van der Waals surface area contributed by atoms with Gasteiger partial charge in [0.05, 0.1) is 7.11 Å². The van der Waals surface area contributed by atoms with E-state index in [2.05, 4.69) is 11.7 Å². The molecule has 0 aliphatic rings. The highest BCUT2D eigenvalue weighted by Crippen LogP contribution is 2.17. The lowest BCUT2D eigenvalue weighted by molar-refractivity contribution is 0.350. The molecule has 0 amide bonds. The minimum atomic E-state index is 0.549. The maximum Gasteiger partial charge on any atom is 0.120 e. The second-order valence-electron chi connectivity index (χ2n) is 3.50. The van der Waals surface area contributed by atoms with Crippen LogP contribution in [0.2, 0.25) is 0 Å². The van der Waals surface area contributed by atoms with E-state index in [0.29, 0.717) is 6.61 Å². The van der Waals surface area contributed by atoms with Crippen LogP contribution in [0.15, 0.2) is 53.2 Å². The number of allylic oxidation sites excluding steroid dienone is 2. The molecule has 0 aliphatic heterocycles. The number of hydrogen-bond acceptors (Lipinski definition) is 3. The smallest absolute Gasteiger partial charge is 0.120 e. The molecule has 3 heteroatoms. The van der Waals surface area contributed by atoms with Crippen LogP contribution in [-0.2, 0) is 0 Å². The molecule has 0 radical (unpaired) electrons. The van der Waals surface area contributed by atoms with Crippen LogP contribution < -0.4 is 9.47 Å².